The molecule has 1 atom stereocenters. The van der Waals surface area contributed by atoms with Crippen LogP contribution in [0.15, 0.2) is 35.6 Å². The van der Waals surface area contributed by atoms with E-state index < -0.39 is 0 Å². The van der Waals surface area contributed by atoms with E-state index in [4.69, 9.17) is 14.5 Å². The van der Waals surface area contributed by atoms with E-state index in [2.05, 4.69) is 22.9 Å². The van der Waals surface area contributed by atoms with Crippen molar-refractivity contribution in [1.29, 1.82) is 0 Å². The predicted octanol–water partition coefficient (Wildman–Crippen LogP) is 3.70. The maximum Gasteiger partial charge on any atom is 0.166 e. The van der Waals surface area contributed by atoms with Crippen molar-refractivity contribution in [3.63, 3.8) is 0 Å². The Morgan fingerprint density at radius 3 is 3.08 bits per heavy atom. The number of hydrogen-bond donors (Lipinski definition) is 0. The highest BCUT2D eigenvalue weighted by Gasteiger charge is 2.31. The number of anilines is 1. The van der Waals surface area contributed by atoms with Crippen molar-refractivity contribution in [2.24, 2.45) is 0 Å². The minimum Gasteiger partial charge on any atom is -0.486 e. The predicted molar refractivity (Wildman–Crippen MR) is 95.2 cm³/mol. The largest absolute Gasteiger partial charge is 0.486 e. The fourth-order valence-corrected chi connectivity index (χ4v) is 4.01. The zero-order valence-electron chi connectivity index (χ0n) is 13.8. The van der Waals surface area contributed by atoms with Gasteiger partial charge >= 0.3 is 0 Å². The Morgan fingerprint density at radius 2 is 2.17 bits per heavy atom. The molecule has 126 valence electrons. The Bertz CT molecular complexity index is 725. The van der Waals surface area contributed by atoms with Crippen LogP contribution in [0.25, 0.3) is 0 Å². The van der Waals surface area contributed by atoms with Gasteiger partial charge in [-0.2, -0.15) is 0 Å². The van der Waals surface area contributed by atoms with Gasteiger partial charge in [-0.1, -0.05) is 19.1 Å². The number of benzene rings is 1. The number of aromatic nitrogens is 2. The number of ether oxygens (including phenoxy) is 2. The van der Waals surface area contributed by atoms with Gasteiger partial charge in [-0.25, -0.2) is 4.98 Å². The van der Waals surface area contributed by atoms with Crippen LogP contribution >= 0.6 is 11.8 Å². The fraction of sp³-hybridized carbons (Fsp3) is 0.444. The number of thioether (sulfide) groups is 1. The molecule has 1 aromatic heterocycles. The summed E-state index contributed by atoms with van der Waals surface area (Å²) in [5.74, 6) is 3.70. The fourth-order valence-electron chi connectivity index (χ4n) is 3.42. The van der Waals surface area contributed by atoms with Gasteiger partial charge in [0.15, 0.2) is 11.5 Å². The zero-order chi connectivity index (χ0) is 16.4. The van der Waals surface area contributed by atoms with Crippen LogP contribution in [0.1, 0.15) is 31.4 Å². The smallest absolute Gasteiger partial charge is 0.166 e. The highest BCUT2D eigenvalue weighted by atomic mass is 32.2. The number of para-hydroxylation sites is 1. The first-order valence-electron chi connectivity index (χ1n) is 8.47. The van der Waals surface area contributed by atoms with Crippen molar-refractivity contribution >= 4 is 17.6 Å². The molecule has 2 aromatic rings. The quantitative estimate of drug-likeness (QED) is 0.789. The van der Waals surface area contributed by atoms with Gasteiger partial charge in [-0.15, -0.1) is 11.8 Å². The third kappa shape index (κ3) is 2.90. The molecule has 0 amide bonds. The lowest BCUT2D eigenvalue weighted by atomic mass is 10.0. The van der Waals surface area contributed by atoms with Crippen molar-refractivity contribution in [2.75, 3.05) is 30.4 Å². The lowest BCUT2D eigenvalue weighted by molar-refractivity contribution is 0.169. The van der Waals surface area contributed by atoms with E-state index >= 15 is 0 Å². The highest BCUT2D eigenvalue weighted by Crippen LogP contribution is 2.44. The van der Waals surface area contributed by atoms with Crippen LogP contribution in [0, 0.1) is 0 Å². The van der Waals surface area contributed by atoms with Gasteiger partial charge in [0.2, 0.25) is 0 Å². The van der Waals surface area contributed by atoms with Crippen LogP contribution in [0.5, 0.6) is 11.5 Å². The molecule has 0 saturated carbocycles. The molecule has 2 aliphatic heterocycles. The second-order valence-corrected chi connectivity index (χ2v) is 7.16. The average Bonchev–Trinajstić information content (AvgIpc) is 3.11. The topological polar surface area (TPSA) is 47.5 Å². The van der Waals surface area contributed by atoms with Gasteiger partial charge in [-0.05, 0) is 24.7 Å². The molecule has 2 aliphatic rings. The van der Waals surface area contributed by atoms with Crippen molar-refractivity contribution < 1.29 is 9.47 Å². The van der Waals surface area contributed by atoms with Crippen LogP contribution in [0.4, 0.5) is 5.82 Å². The first-order chi connectivity index (χ1) is 11.9. The lowest BCUT2D eigenvalue weighted by Crippen LogP contribution is -2.25. The van der Waals surface area contributed by atoms with Crippen molar-refractivity contribution in [2.45, 2.75) is 30.8 Å². The first-order valence-corrected chi connectivity index (χ1v) is 9.45. The second-order valence-electron chi connectivity index (χ2n) is 5.87. The summed E-state index contributed by atoms with van der Waals surface area (Å²) in [6, 6.07) is 6.44. The molecule has 6 heteroatoms. The third-order valence-electron chi connectivity index (χ3n) is 4.39. The maximum absolute atomic E-state index is 5.92. The molecule has 0 spiro atoms. The van der Waals surface area contributed by atoms with Crippen LogP contribution in [0.2, 0.25) is 0 Å². The second kappa shape index (κ2) is 6.89. The molecule has 1 fully saturated rings. The molecule has 1 saturated heterocycles. The van der Waals surface area contributed by atoms with Gasteiger partial charge in [0.25, 0.3) is 0 Å². The molecular weight excluding hydrogens is 322 g/mol. The molecule has 4 rings (SSSR count). The summed E-state index contributed by atoms with van der Waals surface area (Å²) in [5, 5.41) is 0.982. The first kappa shape index (κ1) is 15.6. The van der Waals surface area contributed by atoms with Crippen LogP contribution in [-0.2, 0) is 0 Å². The van der Waals surface area contributed by atoms with Gasteiger partial charge in [0, 0.05) is 12.1 Å². The van der Waals surface area contributed by atoms with Crippen LogP contribution < -0.4 is 14.4 Å². The van der Waals surface area contributed by atoms with E-state index in [9.17, 15) is 0 Å². The summed E-state index contributed by atoms with van der Waals surface area (Å²) >= 11 is 1.72. The molecule has 0 radical (unpaired) electrons. The molecule has 5 nitrogen and oxygen atoms in total. The summed E-state index contributed by atoms with van der Waals surface area (Å²) in [7, 11) is 0. The van der Waals surface area contributed by atoms with E-state index in [0.29, 0.717) is 13.2 Å². The minimum atomic E-state index is 0.262. The number of nitrogens with zero attached hydrogens (tertiary/aromatic N) is 3. The SMILES string of the molecule is CCSc1cncc(N2CCCC2c2cccc3c2OCCO3)n1. The van der Waals surface area contributed by atoms with E-state index in [0.717, 1.165) is 47.5 Å². The Labute approximate surface area is 146 Å². The Balaban J connectivity index is 1.67. The highest BCUT2D eigenvalue weighted by molar-refractivity contribution is 7.99. The summed E-state index contributed by atoms with van der Waals surface area (Å²) in [4.78, 5) is 11.5. The normalized spacial score (nSPS) is 19.5. The van der Waals surface area contributed by atoms with E-state index in [1.54, 1.807) is 11.8 Å². The molecule has 0 bridgehead atoms. The van der Waals surface area contributed by atoms with Crippen LogP contribution in [-0.4, -0.2) is 35.5 Å². The molecule has 0 N–H and O–H groups in total. The van der Waals surface area contributed by atoms with Gasteiger partial charge in [0.05, 0.1) is 18.4 Å². The Morgan fingerprint density at radius 1 is 1.25 bits per heavy atom. The van der Waals surface area contributed by atoms with E-state index in [1.807, 2.05) is 24.5 Å². The summed E-state index contributed by atoms with van der Waals surface area (Å²) in [6.07, 6.45) is 5.93. The number of fused-ring (bicyclic) bond motifs is 1. The maximum atomic E-state index is 5.92. The Kier molecular flexibility index (Phi) is 4.47. The van der Waals surface area contributed by atoms with Crippen LogP contribution in [0.3, 0.4) is 0 Å². The summed E-state index contributed by atoms with van der Waals surface area (Å²) in [6.45, 7) is 4.35. The third-order valence-corrected chi connectivity index (χ3v) is 5.18. The molecular formula is C18H21N3O2S. The van der Waals surface area contributed by atoms with Crippen molar-refractivity contribution in [3.05, 3.63) is 36.2 Å². The van der Waals surface area contributed by atoms with Crippen molar-refractivity contribution in [3.8, 4) is 11.5 Å². The summed E-state index contributed by atoms with van der Waals surface area (Å²) < 4.78 is 11.7. The van der Waals surface area contributed by atoms with E-state index in [-0.39, 0.29) is 6.04 Å². The Hall–Kier alpha value is -1.95. The van der Waals surface area contributed by atoms with Gasteiger partial charge in [-0.3, -0.25) is 4.98 Å². The average molecular weight is 343 g/mol. The van der Waals surface area contributed by atoms with E-state index in [1.165, 1.54) is 5.56 Å². The van der Waals surface area contributed by atoms with Crippen molar-refractivity contribution in [1.82, 2.24) is 9.97 Å². The van der Waals surface area contributed by atoms with Gasteiger partial charge < -0.3 is 14.4 Å². The monoisotopic (exact) mass is 343 g/mol. The summed E-state index contributed by atoms with van der Waals surface area (Å²) in [5.41, 5.74) is 1.19. The molecule has 1 unspecified atom stereocenters. The molecule has 24 heavy (non-hydrogen) atoms. The molecule has 1 aromatic carbocycles. The standard InChI is InChI=1S/C18H21N3O2S/c1-2-24-17-12-19-11-16(20-17)21-8-4-6-14(21)13-5-3-7-15-18(13)23-10-9-22-15/h3,5,7,11-12,14H,2,4,6,8-10H2,1H3. The molecule has 0 aliphatic carbocycles. The number of hydrogen-bond acceptors (Lipinski definition) is 6. The van der Waals surface area contributed by atoms with Gasteiger partial charge in [0.1, 0.15) is 24.1 Å². The number of rotatable bonds is 4. The minimum absolute atomic E-state index is 0.262. The zero-order valence-corrected chi connectivity index (χ0v) is 14.6. The lowest BCUT2D eigenvalue weighted by Gasteiger charge is -2.29. The molecule has 3 heterocycles.